The lowest BCUT2D eigenvalue weighted by molar-refractivity contribution is 0.0527. The second-order valence-corrected chi connectivity index (χ2v) is 8.06. The Morgan fingerprint density at radius 2 is 1.62 bits per heavy atom. The Kier molecular flexibility index (Phi) is 4.08. The maximum absolute atomic E-state index is 13.2. The highest BCUT2D eigenvalue weighted by Crippen LogP contribution is 2.38. The van der Waals surface area contributed by atoms with Crippen LogP contribution >= 0.6 is 0 Å². The maximum atomic E-state index is 13.2. The molecule has 2 heterocycles. The number of benzene rings is 2. The van der Waals surface area contributed by atoms with Gasteiger partial charge < -0.3 is 19.7 Å². The van der Waals surface area contributed by atoms with Crippen molar-refractivity contribution in [1.29, 1.82) is 0 Å². The lowest BCUT2D eigenvalue weighted by atomic mass is 10.1. The van der Waals surface area contributed by atoms with Crippen LogP contribution in [0.1, 0.15) is 27.1 Å². The number of aromatic amines is 1. The molecule has 3 aromatic rings. The Morgan fingerprint density at radius 1 is 0.931 bits per heavy atom. The molecule has 2 atom stereocenters. The van der Waals surface area contributed by atoms with Crippen molar-refractivity contribution in [3.05, 3.63) is 65.9 Å². The van der Waals surface area contributed by atoms with Crippen molar-refractivity contribution < 1.29 is 9.59 Å². The molecule has 1 aliphatic carbocycles. The lowest BCUT2D eigenvalue weighted by Gasteiger charge is -2.34. The van der Waals surface area contributed by atoms with Crippen LogP contribution in [0.4, 0.5) is 5.69 Å². The van der Waals surface area contributed by atoms with Gasteiger partial charge in [-0.25, -0.2) is 0 Å². The third-order valence-electron chi connectivity index (χ3n) is 6.08. The number of nitrogens with zero attached hydrogens (tertiary/aromatic N) is 3. The largest absolute Gasteiger partial charge is 0.378 e. The standard InChI is InChI=1S/C23H24N4O2/c1-25(2)17-8-6-16(7-9-17)22(28)26-12-13-27(20-14-19(20)26)23(29)18-5-3-4-15-10-11-24-21(15)18/h3-11,19-20,24H,12-14H2,1-2H3. The molecule has 1 aliphatic heterocycles. The van der Waals surface area contributed by atoms with E-state index in [2.05, 4.69) is 4.98 Å². The Balaban J connectivity index is 1.32. The monoisotopic (exact) mass is 388 g/mol. The fourth-order valence-electron chi connectivity index (χ4n) is 4.38. The van der Waals surface area contributed by atoms with Gasteiger partial charge in [0.1, 0.15) is 0 Å². The number of piperazine rings is 1. The van der Waals surface area contributed by atoms with E-state index in [0.29, 0.717) is 24.2 Å². The number of H-pyrrole nitrogens is 1. The number of amides is 2. The average Bonchev–Trinajstić information content (AvgIpc) is 3.40. The SMILES string of the molecule is CN(C)c1ccc(C(=O)N2CCN(C(=O)c3cccc4cc[nH]c34)C3CC32)cc1. The van der Waals surface area contributed by atoms with Crippen molar-refractivity contribution in [3.8, 4) is 0 Å². The number of nitrogens with one attached hydrogen (secondary N) is 1. The molecular formula is C23H24N4O2. The van der Waals surface area contributed by atoms with E-state index in [1.807, 2.05) is 83.5 Å². The minimum Gasteiger partial charge on any atom is -0.378 e. The van der Waals surface area contributed by atoms with Crippen LogP contribution in [-0.4, -0.2) is 65.9 Å². The Labute approximate surface area is 169 Å². The van der Waals surface area contributed by atoms with Crippen LogP contribution in [-0.2, 0) is 0 Å². The van der Waals surface area contributed by atoms with E-state index in [9.17, 15) is 9.59 Å². The molecule has 1 saturated carbocycles. The van der Waals surface area contributed by atoms with E-state index in [1.165, 1.54) is 0 Å². The summed E-state index contributed by atoms with van der Waals surface area (Å²) in [7, 11) is 3.96. The fourth-order valence-corrected chi connectivity index (χ4v) is 4.38. The van der Waals surface area contributed by atoms with E-state index in [0.717, 1.165) is 23.0 Å². The third-order valence-corrected chi connectivity index (χ3v) is 6.08. The van der Waals surface area contributed by atoms with Crippen LogP contribution in [0.15, 0.2) is 54.7 Å². The molecule has 0 bridgehead atoms. The van der Waals surface area contributed by atoms with Gasteiger partial charge in [-0.3, -0.25) is 9.59 Å². The molecule has 2 fully saturated rings. The zero-order valence-corrected chi connectivity index (χ0v) is 16.6. The summed E-state index contributed by atoms with van der Waals surface area (Å²) in [6.45, 7) is 1.14. The summed E-state index contributed by atoms with van der Waals surface area (Å²) in [5.74, 6) is 0.106. The van der Waals surface area contributed by atoms with Crippen LogP contribution in [0.25, 0.3) is 10.9 Å². The normalized spacial score (nSPS) is 20.5. The van der Waals surface area contributed by atoms with Gasteiger partial charge in [-0.05, 0) is 42.8 Å². The Hall–Kier alpha value is -3.28. The minimum atomic E-state index is 0.0491. The highest BCUT2D eigenvalue weighted by Gasteiger charge is 2.52. The number of hydrogen-bond donors (Lipinski definition) is 1. The van der Waals surface area contributed by atoms with E-state index in [-0.39, 0.29) is 23.9 Å². The molecule has 2 unspecified atom stereocenters. The zero-order chi connectivity index (χ0) is 20.1. The number of aromatic nitrogens is 1. The van der Waals surface area contributed by atoms with Crippen molar-refractivity contribution in [3.63, 3.8) is 0 Å². The van der Waals surface area contributed by atoms with Crippen molar-refractivity contribution >= 4 is 28.4 Å². The van der Waals surface area contributed by atoms with E-state index < -0.39 is 0 Å². The summed E-state index contributed by atoms with van der Waals surface area (Å²) in [5.41, 5.74) is 3.36. The zero-order valence-electron chi connectivity index (χ0n) is 16.6. The van der Waals surface area contributed by atoms with Crippen LogP contribution in [0.3, 0.4) is 0 Å². The number of para-hydroxylation sites is 1. The maximum Gasteiger partial charge on any atom is 0.256 e. The molecule has 29 heavy (non-hydrogen) atoms. The number of carbonyl (C=O) groups is 2. The lowest BCUT2D eigenvalue weighted by Crippen LogP contribution is -2.50. The summed E-state index contributed by atoms with van der Waals surface area (Å²) in [6, 6.07) is 15.7. The van der Waals surface area contributed by atoms with Crippen LogP contribution < -0.4 is 4.90 Å². The van der Waals surface area contributed by atoms with Gasteiger partial charge in [-0.1, -0.05) is 12.1 Å². The topological polar surface area (TPSA) is 59.7 Å². The Bertz CT molecular complexity index is 1090. The first-order valence-corrected chi connectivity index (χ1v) is 10.00. The molecule has 2 aliphatic rings. The Morgan fingerprint density at radius 3 is 2.31 bits per heavy atom. The smallest absolute Gasteiger partial charge is 0.256 e. The molecule has 5 rings (SSSR count). The first-order chi connectivity index (χ1) is 14.0. The fraction of sp³-hybridized carbons (Fsp3) is 0.304. The average molecular weight is 388 g/mol. The highest BCUT2D eigenvalue weighted by molar-refractivity contribution is 6.06. The first-order valence-electron chi connectivity index (χ1n) is 10.00. The van der Waals surface area contributed by atoms with Gasteiger partial charge in [0.15, 0.2) is 0 Å². The molecule has 1 saturated heterocycles. The summed E-state index contributed by atoms with van der Waals surface area (Å²) in [5, 5.41) is 1.04. The van der Waals surface area contributed by atoms with Crippen molar-refractivity contribution in [2.75, 3.05) is 32.1 Å². The van der Waals surface area contributed by atoms with E-state index >= 15 is 0 Å². The molecule has 0 radical (unpaired) electrons. The summed E-state index contributed by atoms with van der Waals surface area (Å²) >= 11 is 0. The number of rotatable bonds is 3. The molecule has 1 N–H and O–H groups in total. The van der Waals surface area contributed by atoms with E-state index in [4.69, 9.17) is 0 Å². The first kappa shape index (κ1) is 17.8. The molecule has 6 heteroatoms. The van der Waals surface area contributed by atoms with Crippen molar-refractivity contribution in [1.82, 2.24) is 14.8 Å². The number of anilines is 1. The van der Waals surface area contributed by atoms with Gasteiger partial charge in [0.2, 0.25) is 0 Å². The van der Waals surface area contributed by atoms with Gasteiger partial charge in [-0.15, -0.1) is 0 Å². The molecule has 6 nitrogen and oxygen atoms in total. The minimum absolute atomic E-state index is 0.0491. The molecular weight excluding hydrogens is 364 g/mol. The van der Waals surface area contributed by atoms with Crippen molar-refractivity contribution in [2.45, 2.75) is 18.5 Å². The van der Waals surface area contributed by atoms with E-state index in [1.54, 1.807) is 0 Å². The third kappa shape index (κ3) is 2.95. The molecule has 1 aromatic heterocycles. The van der Waals surface area contributed by atoms with Crippen molar-refractivity contribution in [2.24, 2.45) is 0 Å². The predicted octanol–water partition coefficient (Wildman–Crippen LogP) is 2.97. The van der Waals surface area contributed by atoms with Crippen LogP contribution in [0, 0.1) is 0 Å². The molecule has 2 aromatic carbocycles. The number of carbonyl (C=O) groups excluding carboxylic acids is 2. The van der Waals surface area contributed by atoms with Gasteiger partial charge in [0.25, 0.3) is 11.8 Å². The summed E-state index contributed by atoms with van der Waals surface area (Å²) in [6.07, 6.45) is 2.72. The predicted molar refractivity (Wildman–Crippen MR) is 113 cm³/mol. The molecule has 0 spiro atoms. The van der Waals surface area contributed by atoms with Gasteiger partial charge in [0.05, 0.1) is 23.2 Å². The molecule has 148 valence electrons. The highest BCUT2D eigenvalue weighted by atomic mass is 16.2. The van der Waals surface area contributed by atoms with Gasteiger partial charge >= 0.3 is 0 Å². The number of fused-ring (bicyclic) bond motifs is 2. The van der Waals surface area contributed by atoms with Crippen LogP contribution in [0.2, 0.25) is 0 Å². The summed E-state index contributed by atoms with van der Waals surface area (Å²) < 4.78 is 0. The number of hydrogen-bond acceptors (Lipinski definition) is 3. The summed E-state index contributed by atoms with van der Waals surface area (Å²) in [4.78, 5) is 35.3. The van der Waals surface area contributed by atoms with Gasteiger partial charge in [0, 0.05) is 50.0 Å². The molecule has 2 amide bonds. The van der Waals surface area contributed by atoms with Gasteiger partial charge in [-0.2, -0.15) is 0 Å². The second kappa shape index (κ2) is 6.65. The second-order valence-electron chi connectivity index (χ2n) is 8.06. The van der Waals surface area contributed by atoms with Crippen LogP contribution in [0.5, 0.6) is 0 Å². The quantitative estimate of drug-likeness (QED) is 0.750.